The molecular formula is C14H18N2O. The number of benzene rings is 1. The number of aromatic nitrogens is 1. The van der Waals surface area contributed by atoms with Gasteiger partial charge in [0.05, 0.1) is 6.20 Å². The van der Waals surface area contributed by atoms with Crippen molar-refractivity contribution in [2.45, 2.75) is 20.3 Å². The van der Waals surface area contributed by atoms with Crippen molar-refractivity contribution in [2.75, 3.05) is 13.1 Å². The smallest absolute Gasteiger partial charge is 0.196 e. The summed E-state index contributed by atoms with van der Waals surface area (Å²) in [5.74, 6) is 1.64. The summed E-state index contributed by atoms with van der Waals surface area (Å²) in [6.45, 7) is 6.05. The van der Waals surface area contributed by atoms with E-state index in [1.165, 1.54) is 5.56 Å². The lowest BCUT2D eigenvalue weighted by Crippen LogP contribution is -2.16. The Bertz CT molecular complexity index is 459. The summed E-state index contributed by atoms with van der Waals surface area (Å²) in [7, 11) is 0. The maximum absolute atomic E-state index is 5.71. The van der Waals surface area contributed by atoms with Crippen LogP contribution in [0.1, 0.15) is 18.4 Å². The van der Waals surface area contributed by atoms with Gasteiger partial charge in [-0.3, -0.25) is 0 Å². The van der Waals surface area contributed by atoms with Gasteiger partial charge in [0.15, 0.2) is 11.7 Å². The van der Waals surface area contributed by atoms with Crippen molar-refractivity contribution in [2.24, 2.45) is 0 Å². The molecule has 1 N–H and O–H groups in total. The quantitative estimate of drug-likeness (QED) is 0.803. The number of hydrogen-bond acceptors (Lipinski definition) is 3. The molecule has 1 heterocycles. The lowest BCUT2D eigenvalue weighted by Gasteiger charge is -1.98. The molecule has 0 amide bonds. The molecule has 0 bridgehead atoms. The molecular weight excluding hydrogens is 212 g/mol. The molecule has 0 saturated carbocycles. The fourth-order valence-electron chi connectivity index (χ4n) is 1.65. The molecule has 2 rings (SSSR count). The second-order valence-corrected chi connectivity index (χ2v) is 4.09. The fraction of sp³-hybridized carbons (Fsp3) is 0.357. The molecule has 0 fully saturated rings. The van der Waals surface area contributed by atoms with Crippen LogP contribution in [0.25, 0.3) is 11.3 Å². The summed E-state index contributed by atoms with van der Waals surface area (Å²) in [6.07, 6.45) is 2.63. The zero-order valence-electron chi connectivity index (χ0n) is 10.4. The predicted octanol–water partition coefficient (Wildman–Crippen LogP) is 2.80. The number of aryl methyl sites for hydroxylation is 1. The SMILES string of the molecule is CCNCCc1ncc(-c2ccc(C)cc2)o1. The second kappa shape index (κ2) is 5.64. The van der Waals surface area contributed by atoms with E-state index in [0.717, 1.165) is 36.7 Å². The molecule has 0 spiro atoms. The number of likely N-dealkylation sites (N-methyl/N-ethyl adjacent to an activating group) is 1. The molecule has 90 valence electrons. The van der Waals surface area contributed by atoms with Crippen molar-refractivity contribution in [3.63, 3.8) is 0 Å². The first-order valence-corrected chi connectivity index (χ1v) is 6.02. The van der Waals surface area contributed by atoms with Gasteiger partial charge in [-0.15, -0.1) is 0 Å². The van der Waals surface area contributed by atoms with Crippen molar-refractivity contribution in [3.8, 4) is 11.3 Å². The van der Waals surface area contributed by atoms with Crippen LogP contribution in [0.4, 0.5) is 0 Å². The van der Waals surface area contributed by atoms with Gasteiger partial charge in [0, 0.05) is 18.5 Å². The molecule has 0 aliphatic carbocycles. The van der Waals surface area contributed by atoms with E-state index in [-0.39, 0.29) is 0 Å². The third-order valence-corrected chi connectivity index (χ3v) is 2.66. The highest BCUT2D eigenvalue weighted by Crippen LogP contribution is 2.20. The lowest BCUT2D eigenvalue weighted by atomic mass is 10.1. The monoisotopic (exact) mass is 230 g/mol. The maximum Gasteiger partial charge on any atom is 0.196 e. The average molecular weight is 230 g/mol. The molecule has 1 aromatic heterocycles. The Morgan fingerprint density at radius 2 is 2.00 bits per heavy atom. The topological polar surface area (TPSA) is 38.1 Å². The minimum Gasteiger partial charge on any atom is -0.441 e. The van der Waals surface area contributed by atoms with Gasteiger partial charge in [0.1, 0.15) is 0 Å². The Balaban J connectivity index is 2.04. The van der Waals surface area contributed by atoms with Crippen LogP contribution in [0, 0.1) is 6.92 Å². The van der Waals surface area contributed by atoms with Crippen molar-refractivity contribution < 1.29 is 4.42 Å². The summed E-state index contributed by atoms with van der Waals surface area (Å²) >= 11 is 0. The Kier molecular flexibility index (Phi) is 3.94. The lowest BCUT2D eigenvalue weighted by molar-refractivity contribution is 0.497. The van der Waals surface area contributed by atoms with E-state index in [1.807, 2.05) is 0 Å². The van der Waals surface area contributed by atoms with Crippen molar-refractivity contribution in [1.29, 1.82) is 0 Å². The van der Waals surface area contributed by atoms with Crippen molar-refractivity contribution in [3.05, 3.63) is 41.9 Å². The zero-order valence-corrected chi connectivity index (χ0v) is 10.4. The molecule has 0 aliphatic heterocycles. The summed E-state index contributed by atoms with van der Waals surface area (Å²) in [5.41, 5.74) is 2.33. The second-order valence-electron chi connectivity index (χ2n) is 4.09. The highest BCUT2D eigenvalue weighted by Gasteiger charge is 2.05. The molecule has 0 aliphatic rings. The summed E-state index contributed by atoms with van der Waals surface area (Å²) in [5, 5.41) is 3.25. The average Bonchev–Trinajstić information content (AvgIpc) is 2.79. The van der Waals surface area contributed by atoms with E-state index in [4.69, 9.17) is 4.42 Å². The van der Waals surface area contributed by atoms with Crippen molar-refractivity contribution in [1.82, 2.24) is 10.3 Å². The van der Waals surface area contributed by atoms with E-state index < -0.39 is 0 Å². The van der Waals surface area contributed by atoms with Gasteiger partial charge in [0.2, 0.25) is 0 Å². The first kappa shape index (κ1) is 11.9. The molecule has 1 aromatic carbocycles. The number of nitrogens with one attached hydrogen (secondary N) is 1. The third-order valence-electron chi connectivity index (χ3n) is 2.66. The van der Waals surface area contributed by atoms with E-state index in [1.54, 1.807) is 6.20 Å². The molecule has 0 radical (unpaired) electrons. The third kappa shape index (κ3) is 3.17. The van der Waals surface area contributed by atoms with E-state index in [9.17, 15) is 0 Å². The minimum absolute atomic E-state index is 0.793. The maximum atomic E-state index is 5.71. The van der Waals surface area contributed by atoms with Crippen LogP contribution in [0.3, 0.4) is 0 Å². The largest absolute Gasteiger partial charge is 0.441 e. The Morgan fingerprint density at radius 1 is 1.24 bits per heavy atom. The molecule has 17 heavy (non-hydrogen) atoms. The zero-order chi connectivity index (χ0) is 12.1. The highest BCUT2D eigenvalue weighted by atomic mass is 16.4. The fourth-order valence-corrected chi connectivity index (χ4v) is 1.65. The van der Waals surface area contributed by atoms with Gasteiger partial charge in [-0.1, -0.05) is 36.8 Å². The van der Waals surface area contributed by atoms with Crippen LogP contribution in [0.15, 0.2) is 34.9 Å². The van der Waals surface area contributed by atoms with Crippen LogP contribution < -0.4 is 5.32 Å². The van der Waals surface area contributed by atoms with Gasteiger partial charge in [-0.25, -0.2) is 4.98 Å². The normalized spacial score (nSPS) is 10.7. The number of hydrogen-bond donors (Lipinski definition) is 1. The standard InChI is InChI=1S/C14H18N2O/c1-3-15-9-8-14-16-10-13(17-14)12-6-4-11(2)5-7-12/h4-7,10,15H,3,8-9H2,1-2H3. The Morgan fingerprint density at radius 3 is 2.71 bits per heavy atom. The van der Waals surface area contributed by atoms with Gasteiger partial charge in [-0.2, -0.15) is 0 Å². The van der Waals surface area contributed by atoms with Crippen LogP contribution in [0.2, 0.25) is 0 Å². The van der Waals surface area contributed by atoms with Crippen LogP contribution in [0.5, 0.6) is 0 Å². The van der Waals surface area contributed by atoms with Crippen LogP contribution in [-0.2, 0) is 6.42 Å². The first-order valence-electron chi connectivity index (χ1n) is 6.02. The highest BCUT2D eigenvalue weighted by molar-refractivity contribution is 5.56. The number of oxazole rings is 1. The van der Waals surface area contributed by atoms with E-state index in [2.05, 4.69) is 48.4 Å². The molecule has 3 heteroatoms. The molecule has 3 nitrogen and oxygen atoms in total. The molecule has 0 atom stereocenters. The van der Waals surface area contributed by atoms with Gasteiger partial charge < -0.3 is 9.73 Å². The van der Waals surface area contributed by atoms with Gasteiger partial charge in [-0.05, 0) is 13.5 Å². The summed E-state index contributed by atoms with van der Waals surface area (Å²) in [6, 6.07) is 8.28. The van der Waals surface area contributed by atoms with E-state index in [0.29, 0.717) is 0 Å². The van der Waals surface area contributed by atoms with Crippen molar-refractivity contribution >= 4 is 0 Å². The molecule has 0 saturated heterocycles. The Labute approximate surface area is 102 Å². The predicted molar refractivity (Wildman–Crippen MR) is 68.9 cm³/mol. The van der Waals surface area contributed by atoms with Crippen LogP contribution in [-0.4, -0.2) is 18.1 Å². The van der Waals surface area contributed by atoms with Gasteiger partial charge >= 0.3 is 0 Å². The Hall–Kier alpha value is -1.61. The number of rotatable bonds is 5. The van der Waals surface area contributed by atoms with Gasteiger partial charge in [0.25, 0.3) is 0 Å². The number of nitrogens with zero attached hydrogens (tertiary/aromatic N) is 1. The minimum atomic E-state index is 0.793. The first-order chi connectivity index (χ1) is 8.29. The molecule has 0 unspecified atom stereocenters. The van der Waals surface area contributed by atoms with Crippen LogP contribution >= 0.6 is 0 Å². The molecule has 2 aromatic rings. The summed E-state index contributed by atoms with van der Waals surface area (Å²) < 4.78 is 5.71. The summed E-state index contributed by atoms with van der Waals surface area (Å²) in [4.78, 5) is 4.28. The van der Waals surface area contributed by atoms with E-state index >= 15 is 0 Å².